The summed E-state index contributed by atoms with van der Waals surface area (Å²) in [6.07, 6.45) is 44.4. The third-order valence-corrected chi connectivity index (χ3v) is 12.4. The van der Waals surface area contributed by atoms with Crippen molar-refractivity contribution in [3.05, 3.63) is 0 Å². The van der Waals surface area contributed by atoms with Crippen molar-refractivity contribution in [2.75, 3.05) is 47.5 Å². The number of unbranched alkanes of at least 4 members (excludes halogenated alkanes) is 33. The van der Waals surface area contributed by atoms with Crippen LogP contribution in [0.25, 0.3) is 0 Å². The monoisotopic (exact) mass is 861 g/mol. The molecule has 0 amide bonds. The summed E-state index contributed by atoms with van der Waals surface area (Å²) in [7, 11) is 1.50. The topological polar surface area (TPSA) is 108 Å². The van der Waals surface area contributed by atoms with Gasteiger partial charge in [0.05, 0.1) is 27.7 Å². The van der Waals surface area contributed by atoms with Gasteiger partial charge in [0.1, 0.15) is 19.8 Å². The van der Waals surface area contributed by atoms with Gasteiger partial charge in [-0.15, -0.1) is 0 Å². The molecular weight excluding hydrogens is 762 g/mol. The highest BCUT2D eigenvalue weighted by molar-refractivity contribution is 7.47. The minimum Gasteiger partial charge on any atom is -0.462 e. The van der Waals surface area contributed by atoms with Crippen LogP contribution >= 0.6 is 7.82 Å². The molecule has 0 fully saturated rings. The maximum atomic E-state index is 12.7. The number of rotatable bonds is 47. The summed E-state index contributed by atoms with van der Waals surface area (Å²) < 4.78 is 34.4. The Balaban J connectivity index is 4.15. The van der Waals surface area contributed by atoms with Crippen LogP contribution in [0.2, 0.25) is 0 Å². The van der Waals surface area contributed by atoms with E-state index in [1.54, 1.807) is 0 Å². The lowest BCUT2D eigenvalue weighted by molar-refractivity contribution is -0.870. The molecule has 0 spiro atoms. The molecule has 0 radical (unpaired) electrons. The average molecular weight is 861 g/mol. The summed E-state index contributed by atoms with van der Waals surface area (Å²) in [5.74, 6) is -0.780. The predicted octanol–water partition coefficient (Wildman–Crippen LogP) is 14.8. The summed E-state index contributed by atoms with van der Waals surface area (Å²) in [5, 5.41) is 0. The van der Waals surface area contributed by atoms with Crippen molar-refractivity contribution >= 4 is 19.8 Å². The first-order valence-corrected chi connectivity index (χ1v) is 26.8. The molecule has 59 heavy (non-hydrogen) atoms. The van der Waals surface area contributed by atoms with E-state index in [-0.39, 0.29) is 25.6 Å². The zero-order valence-electron chi connectivity index (χ0n) is 39.8. The van der Waals surface area contributed by atoms with Gasteiger partial charge in [-0.05, 0) is 12.8 Å². The van der Waals surface area contributed by atoms with E-state index in [1.165, 1.54) is 186 Å². The lowest BCUT2D eigenvalue weighted by atomic mass is 10.0. The maximum absolute atomic E-state index is 12.7. The van der Waals surface area contributed by atoms with Crippen molar-refractivity contribution in [3.63, 3.8) is 0 Å². The predicted molar refractivity (Wildman–Crippen MR) is 248 cm³/mol. The molecule has 2 unspecified atom stereocenters. The minimum absolute atomic E-state index is 0.0370. The van der Waals surface area contributed by atoms with Gasteiger partial charge in [-0.25, -0.2) is 4.57 Å². The Morgan fingerprint density at radius 1 is 0.458 bits per heavy atom. The van der Waals surface area contributed by atoms with Crippen LogP contribution in [0.3, 0.4) is 0 Å². The second-order valence-corrected chi connectivity index (χ2v) is 20.0. The fraction of sp³-hybridized carbons (Fsp3) is 0.959. The van der Waals surface area contributed by atoms with Gasteiger partial charge in [0.2, 0.25) is 0 Å². The smallest absolute Gasteiger partial charge is 0.462 e. The highest BCUT2D eigenvalue weighted by Gasteiger charge is 2.27. The number of carbonyl (C=O) groups excluding carboxylic acids is 2. The van der Waals surface area contributed by atoms with Crippen LogP contribution < -0.4 is 0 Å². The molecular formula is C49H99NO8P+. The van der Waals surface area contributed by atoms with E-state index in [2.05, 4.69) is 13.8 Å². The Labute approximate surface area is 365 Å². The first kappa shape index (κ1) is 58.0. The molecule has 0 rings (SSSR count). The Morgan fingerprint density at radius 3 is 1.08 bits per heavy atom. The van der Waals surface area contributed by atoms with E-state index in [0.29, 0.717) is 17.4 Å². The van der Waals surface area contributed by atoms with Crippen LogP contribution in [-0.4, -0.2) is 74.9 Å². The lowest BCUT2D eigenvalue weighted by Crippen LogP contribution is -2.37. The van der Waals surface area contributed by atoms with Gasteiger partial charge in [0.25, 0.3) is 0 Å². The number of phosphoric acid groups is 1. The zero-order valence-corrected chi connectivity index (χ0v) is 40.7. The van der Waals surface area contributed by atoms with Crippen LogP contribution in [0, 0.1) is 0 Å². The molecule has 0 bridgehead atoms. The van der Waals surface area contributed by atoms with E-state index >= 15 is 0 Å². The third kappa shape index (κ3) is 46.3. The van der Waals surface area contributed by atoms with Gasteiger partial charge >= 0.3 is 19.8 Å². The number of phosphoric ester groups is 1. The molecule has 352 valence electrons. The number of hydrogen-bond donors (Lipinski definition) is 1. The van der Waals surface area contributed by atoms with Crippen molar-refractivity contribution in [2.24, 2.45) is 0 Å². The Morgan fingerprint density at radius 2 is 0.763 bits per heavy atom. The van der Waals surface area contributed by atoms with E-state index in [0.717, 1.165) is 38.5 Å². The molecule has 9 nitrogen and oxygen atoms in total. The third-order valence-electron chi connectivity index (χ3n) is 11.4. The second-order valence-electron chi connectivity index (χ2n) is 18.6. The first-order valence-electron chi connectivity index (χ1n) is 25.3. The largest absolute Gasteiger partial charge is 0.472 e. The van der Waals surface area contributed by atoms with Gasteiger partial charge in [-0.3, -0.25) is 18.6 Å². The van der Waals surface area contributed by atoms with Gasteiger partial charge in [-0.2, -0.15) is 0 Å². The highest BCUT2D eigenvalue weighted by Crippen LogP contribution is 2.43. The summed E-state index contributed by atoms with van der Waals surface area (Å²) in [6, 6.07) is 0. The average Bonchev–Trinajstić information content (AvgIpc) is 3.19. The molecule has 0 saturated heterocycles. The molecule has 1 N–H and O–H groups in total. The quantitative estimate of drug-likeness (QED) is 0.0279. The fourth-order valence-electron chi connectivity index (χ4n) is 7.43. The van der Waals surface area contributed by atoms with Crippen molar-refractivity contribution in [2.45, 2.75) is 258 Å². The molecule has 2 atom stereocenters. The van der Waals surface area contributed by atoms with Crippen LogP contribution in [0.5, 0.6) is 0 Å². The van der Waals surface area contributed by atoms with Crippen LogP contribution in [0.4, 0.5) is 0 Å². The van der Waals surface area contributed by atoms with Gasteiger partial charge in [-0.1, -0.05) is 226 Å². The normalized spacial score (nSPS) is 13.4. The molecule has 0 aliphatic heterocycles. The Kier molecular flexibility index (Phi) is 41.6. The van der Waals surface area contributed by atoms with Crippen molar-refractivity contribution < 1.29 is 42.1 Å². The molecule has 0 aliphatic carbocycles. The number of hydrogen-bond acceptors (Lipinski definition) is 7. The molecule has 0 aromatic carbocycles. The second kappa shape index (κ2) is 42.3. The molecule has 0 heterocycles. The van der Waals surface area contributed by atoms with Crippen molar-refractivity contribution in [3.8, 4) is 0 Å². The van der Waals surface area contributed by atoms with Gasteiger partial charge in [0.15, 0.2) is 6.10 Å². The molecule has 0 aromatic heterocycles. The van der Waals surface area contributed by atoms with E-state index in [1.807, 2.05) is 21.1 Å². The number of likely N-dealkylation sites (N-methyl/N-ethyl adjacent to an activating group) is 1. The number of esters is 2. The summed E-state index contributed by atoms with van der Waals surface area (Å²) in [4.78, 5) is 35.5. The first-order chi connectivity index (χ1) is 28.5. The fourth-order valence-corrected chi connectivity index (χ4v) is 8.17. The van der Waals surface area contributed by atoms with E-state index in [9.17, 15) is 19.0 Å². The number of ether oxygens (including phenoxy) is 2. The van der Waals surface area contributed by atoms with Crippen LogP contribution in [0.1, 0.15) is 251 Å². The number of carbonyl (C=O) groups is 2. The van der Waals surface area contributed by atoms with Crippen LogP contribution in [-0.2, 0) is 32.7 Å². The van der Waals surface area contributed by atoms with Crippen LogP contribution in [0.15, 0.2) is 0 Å². The summed E-state index contributed by atoms with van der Waals surface area (Å²) in [6.45, 7) is 4.48. The zero-order chi connectivity index (χ0) is 43.6. The number of quaternary nitrogens is 1. The molecule has 0 aliphatic rings. The molecule has 0 saturated carbocycles. The van der Waals surface area contributed by atoms with Gasteiger partial charge in [0, 0.05) is 12.8 Å². The minimum atomic E-state index is -4.37. The summed E-state index contributed by atoms with van der Waals surface area (Å²) >= 11 is 0. The SMILES string of the molecule is CCCCCCCCCCCCCCCCCCCCCCCCC(=O)OCC(COP(=O)(O)OCC[N+](C)(C)C)OC(=O)CCCCCCCCCCCCCCC. The lowest BCUT2D eigenvalue weighted by Gasteiger charge is -2.24. The highest BCUT2D eigenvalue weighted by atomic mass is 31.2. The standard InChI is InChI=1S/C49H98NO8P/c1-6-8-10-12-14-16-18-20-21-22-23-24-25-26-27-28-30-31-33-35-37-39-41-48(51)55-45-47(46-57-59(53,54)56-44-43-50(3,4)5)58-49(52)42-40-38-36-34-32-29-19-17-15-13-11-9-7-2/h47H,6-46H2,1-5H3/p+1. The molecule has 0 aromatic rings. The van der Waals surface area contributed by atoms with E-state index in [4.69, 9.17) is 18.5 Å². The van der Waals surface area contributed by atoms with Crippen molar-refractivity contribution in [1.82, 2.24) is 0 Å². The van der Waals surface area contributed by atoms with Crippen molar-refractivity contribution in [1.29, 1.82) is 0 Å². The maximum Gasteiger partial charge on any atom is 0.472 e. The van der Waals surface area contributed by atoms with Gasteiger partial charge < -0.3 is 18.9 Å². The summed E-state index contributed by atoms with van der Waals surface area (Å²) in [5.41, 5.74) is 0. The van der Waals surface area contributed by atoms with E-state index < -0.39 is 26.5 Å². The Bertz CT molecular complexity index is 974. The number of nitrogens with zero attached hydrogens (tertiary/aromatic N) is 1. The molecule has 10 heteroatoms. The Hall–Kier alpha value is -0.990.